The smallest absolute Gasteiger partial charge is 0.343 e. The number of hydrogen-bond donors (Lipinski definition) is 1. The molecule has 0 aliphatic carbocycles. The van der Waals surface area contributed by atoms with E-state index < -0.39 is 5.97 Å². The van der Waals surface area contributed by atoms with Crippen molar-refractivity contribution in [1.82, 2.24) is 9.78 Å². The fourth-order valence-electron chi connectivity index (χ4n) is 1.84. The van der Waals surface area contributed by atoms with Crippen molar-refractivity contribution in [3.8, 4) is 11.6 Å². The molecule has 0 aliphatic rings. The lowest BCUT2D eigenvalue weighted by Gasteiger charge is -2.06. The van der Waals surface area contributed by atoms with Crippen molar-refractivity contribution in [2.24, 2.45) is 0 Å². The molecule has 0 radical (unpaired) electrons. The first-order chi connectivity index (χ1) is 8.69. The van der Waals surface area contributed by atoms with Crippen LogP contribution in [0.1, 0.15) is 23.0 Å². The molecule has 0 atom stereocenters. The zero-order chi connectivity index (χ0) is 13.1. The molecule has 0 spiro atoms. The number of para-hydroxylation sites is 1. The summed E-state index contributed by atoms with van der Waals surface area (Å²) in [7, 11) is 1.45. The van der Waals surface area contributed by atoms with Gasteiger partial charge in [0.05, 0.1) is 18.5 Å². The highest BCUT2D eigenvalue weighted by atomic mass is 16.5. The van der Waals surface area contributed by atoms with E-state index in [0.717, 1.165) is 5.69 Å². The largest absolute Gasteiger partial charge is 0.480 e. The predicted molar refractivity (Wildman–Crippen MR) is 66.5 cm³/mol. The maximum Gasteiger partial charge on any atom is 0.343 e. The molecule has 0 saturated heterocycles. The van der Waals surface area contributed by atoms with Crippen LogP contribution in [0.4, 0.5) is 0 Å². The Hall–Kier alpha value is -2.30. The van der Waals surface area contributed by atoms with Gasteiger partial charge in [0.1, 0.15) is 5.56 Å². The van der Waals surface area contributed by atoms with Crippen LogP contribution in [-0.4, -0.2) is 28.0 Å². The zero-order valence-electron chi connectivity index (χ0n) is 10.3. The molecule has 0 bridgehead atoms. The minimum absolute atomic E-state index is 0.129. The molecule has 2 aromatic rings. The van der Waals surface area contributed by atoms with Gasteiger partial charge in [-0.25, -0.2) is 9.48 Å². The summed E-state index contributed by atoms with van der Waals surface area (Å²) in [5.74, 6) is -0.767. The molecule has 1 aromatic heterocycles. The highest BCUT2D eigenvalue weighted by Crippen LogP contribution is 2.26. The van der Waals surface area contributed by atoms with Gasteiger partial charge in [0, 0.05) is 0 Å². The lowest BCUT2D eigenvalue weighted by Crippen LogP contribution is -2.03. The molecular formula is C13H14N2O3. The Morgan fingerprint density at radius 2 is 2.06 bits per heavy atom. The number of rotatable bonds is 4. The minimum Gasteiger partial charge on any atom is -0.480 e. The molecule has 1 aromatic carbocycles. The molecule has 5 nitrogen and oxygen atoms in total. The molecule has 2 rings (SSSR count). The molecule has 94 valence electrons. The number of hydrogen-bond acceptors (Lipinski definition) is 3. The lowest BCUT2D eigenvalue weighted by atomic mass is 10.2. The van der Waals surface area contributed by atoms with E-state index in [-0.39, 0.29) is 11.4 Å². The van der Waals surface area contributed by atoms with Crippen molar-refractivity contribution in [3.05, 3.63) is 41.6 Å². The Kier molecular flexibility index (Phi) is 3.32. The van der Waals surface area contributed by atoms with Crippen molar-refractivity contribution < 1.29 is 14.6 Å². The van der Waals surface area contributed by atoms with E-state index in [9.17, 15) is 9.90 Å². The normalized spacial score (nSPS) is 10.3. The van der Waals surface area contributed by atoms with E-state index >= 15 is 0 Å². The number of aromatic nitrogens is 2. The van der Waals surface area contributed by atoms with Crippen molar-refractivity contribution >= 4 is 5.97 Å². The Balaban J connectivity index is 2.65. The third kappa shape index (κ3) is 1.95. The molecule has 0 unspecified atom stereocenters. The summed E-state index contributed by atoms with van der Waals surface area (Å²) in [6.07, 6.45) is 0.540. The number of carboxylic acid groups (broad SMARTS) is 1. The molecule has 0 amide bonds. The SMILES string of the molecule is CCc1nn(-c2ccccc2)c(OC)c1C(=O)O. The third-order valence-corrected chi connectivity index (χ3v) is 2.66. The maximum atomic E-state index is 11.3. The van der Waals surface area contributed by atoms with Crippen molar-refractivity contribution in [2.75, 3.05) is 7.11 Å². The summed E-state index contributed by atoms with van der Waals surface area (Å²) in [4.78, 5) is 11.3. The van der Waals surface area contributed by atoms with Crippen LogP contribution in [0.5, 0.6) is 5.88 Å². The van der Waals surface area contributed by atoms with Crippen LogP contribution in [-0.2, 0) is 6.42 Å². The van der Waals surface area contributed by atoms with E-state index in [4.69, 9.17) is 4.74 Å². The number of methoxy groups -OCH3 is 1. The second kappa shape index (κ2) is 4.91. The quantitative estimate of drug-likeness (QED) is 0.897. The standard InChI is InChI=1S/C13H14N2O3/c1-3-10-11(13(16)17)12(18-2)15(14-10)9-7-5-4-6-8-9/h4-8H,3H2,1-2H3,(H,16,17). The van der Waals surface area contributed by atoms with Gasteiger partial charge < -0.3 is 9.84 Å². The Bertz CT molecular complexity index is 561. The van der Waals surface area contributed by atoms with Gasteiger partial charge in [-0.3, -0.25) is 0 Å². The first-order valence-electron chi connectivity index (χ1n) is 5.63. The molecule has 0 fully saturated rings. The van der Waals surface area contributed by atoms with Crippen LogP contribution in [0.25, 0.3) is 5.69 Å². The molecule has 1 heterocycles. The number of aryl methyl sites for hydroxylation is 1. The summed E-state index contributed by atoms with van der Waals surface area (Å²) in [6.45, 7) is 1.86. The second-order valence-electron chi connectivity index (χ2n) is 3.74. The van der Waals surface area contributed by atoms with Gasteiger partial charge in [0.25, 0.3) is 0 Å². The van der Waals surface area contributed by atoms with Gasteiger partial charge in [-0.2, -0.15) is 5.10 Å². The van der Waals surface area contributed by atoms with Gasteiger partial charge in [0.2, 0.25) is 5.88 Å². The van der Waals surface area contributed by atoms with Crippen molar-refractivity contribution in [3.63, 3.8) is 0 Å². The highest BCUT2D eigenvalue weighted by Gasteiger charge is 2.23. The van der Waals surface area contributed by atoms with Gasteiger partial charge in [0.15, 0.2) is 0 Å². The summed E-state index contributed by atoms with van der Waals surface area (Å²) in [5.41, 5.74) is 1.42. The fraction of sp³-hybridized carbons (Fsp3) is 0.231. The average molecular weight is 246 g/mol. The predicted octanol–water partition coefficient (Wildman–Crippen LogP) is 2.14. The third-order valence-electron chi connectivity index (χ3n) is 2.66. The number of carbonyl (C=O) groups is 1. The fourth-order valence-corrected chi connectivity index (χ4v) is 1.84. The van der Waals surface area contributed by atoms with Crippen LogP contribution >= 0.6 is 0 Å². The zero-order valence-corrected chi connectivity index (χ0v) is 10.3. The number of nitrogens with zero attached hydrogens (tertiary/aromatic N) is 2. The topological polar surface area (TPSA) is 64.4 Å². The van der Waals surface area contributed by atoms with Crippen molar-refractivity contribution in [1.29, 1.82) is 0 Å². The number of benzene rings is 1. The van der Waals surface area contributed by atoms with Crippen LogP contribution < -0.4 is 4.74 Å². The highest BCUT2D eigenvalue weighted by molar-refractivity contribution is 5.92. The van der Waals surface area contributed by atoms with E-state index in [0.29, 0.717) is 12.1 Å². The van der Waals surface area contributed by atoms with E-state index in [1.54, 1.807) is 0 Å². The summed E-state index contributed by atoms with van der Waals surface area (Å²) >= 11 is 0. The van der Waals surface area contributed by atoms with Gasteiger partial charge in [-0.05, 0) is 18.6 Å². The number of aromatic carboxylic acids is 1. The summed E-state index contributed by atoms with van der Waals surface area (Å²) < 4.78 is 6.71. The average Bonchev–Trinajstić information content (AvgIpc) is 2.78. The van der Waals surface area contributed by atoms with Gasteiger partial charge in [-0.1, -0.05) is 25.1 Å². The maximum absolute atomic E-state index is 11.3. The van der Waals surface area contributed by atoms with Crippen LogP contribution in [0.3, 0.4) is 0 Å². The van der Waals surface area contributed by atoms with Crippen LogP contribution in [0, 0.1) is 0 Å². The van der Waals surface area contributed by atoms with Gasteiger partial charge >= 0.3 is 5.97 Å². The van der Waals surface area contributed by atoms with E-state index in [2.05, 4.69) is 5.10 Å². The van der Waals surface area contributed by atoms with E-state index in [1.165, 1.54) is 11.8 Å². The monoisotopic (exact) mass is 246 g/mol. The Morgan fingerprint density at radius 3 is 2.56 bits per heavy atom. The minimum atomic E-state index is -1.02. The summed E-state index contributed by atoms with van der Waals surface area (Å²) in [5, 5.41) is 13.5. The first-order valence-corrected chi connectivity index (χ1v) is 5.63. The molecule has 0 aliphatic heterocycles. The second-order valence-corrected chi connectivity index (χ2v) is 3.74. The Morgan fingerprint density at radius 1 is 1.39 bits per heavy atom. The van der Waals surface area contributed by atoms with Gasteiger partial charge in [-0.15, -0.1) is 0 Å². The van der Waals surface area contributed by atoms with Crippen LogP contribution in [0.2, 0.25) is 0 Å². The molecule has 0 saturated carbocycles. The van der Waals surface area contributed by atoms with E-state index in [1.807, 2.05) is 37.3 Å². The molecule has 18 heavy (non-hydrogen) atoms. The molecule has 5 heteroatoms. The molecular weight excluding hydrogens is 232 g/mol. The van der Waals surface area contributed by atoms with Crippen molar-refractivity contribution in [2.45, 2.75) is 13.3 Å². The first kappa shape index (κ1) is 12.2. The van der Waals surface area contributed by atoms with Crippen LogP contribution in [0.15, 0.2) is 30.3 Å². The number of ether oxygens (including phenoxy) is 1. The summed E-state index contributed by atoms with van der Waals surface area (Å²) in [6, 6.07) is 9.31. The Labute approximate surface area is 105 Å². The lowest BCUT2D eigenvalue weighted by molar-refractivity contribution is 0.0692. The molecule has 1 N–H and O–H groups in total. The number of carboxylic acids is 1.